The van der Waals surface area contributed by atoms with Gasteiger partial charge in [-0.3, -0.25) is 5.10 Å². The number of hydrogen-bond donors (Lipinski definition) is 2. The number of piperidine rings is 1. The quantitative estimate of drug-likeness (QED) is 0.780. The summed E-state index contributed by atoms with van der Waals surface area (Å²) in [5.74, 6) is 2.17. The molecule has 3 heteroatoms. The fourth-order valence-electron chi connectivity index (χ4n) is 2.49. The Morgan fingerprint density at radius 2 is 2.27 bits per heavy atom. The Balaban J connectivity index is 2.09. The molecule has 0 aromatic carbocycles. The summed E-state index contributed by atoms with van der Waals surface area (Å²) in [7, 11) is 0. The summed E-state index contributed by atoms with van der Waals surface area (Å²) in [6.07, 6.45) is 5.28. The lowest BCUT2D eigenvalue weighted by atomic mass is 9.77. The van der Waals surface area contributed by atoms with Crippen molar-refractivity contribution < 1.29 is 0 Å². The maximum absolute atomic E-state index is 4.05. The van der Waals surface area contributed by atoms with Crippen LogP contribution in [0.5, 0.6) is 0 Å². The van der Waals surface area contributed by atoms with Crippen molar-refractivity contribution >= 4 is 0 Å². The van der Waals surface area contributed by atoms with Crippen molar-refractivity contribution in [1.29, 1.82) is 0 Å². The molecule has 84 valence electrons. The van der Waals surface area contributed by atoms with Crippen LogP contribution in [0.4, 0.5) is 0 Å². The first-order chi connectivity index (χ1) is 7.18. The summed E-state index contributed by atoms with van der Waals surface area (Å²) in [5.41, 5.74) is 1.35. The Morgan fingerprint density at radius 1 is 1.47 bits per heavy atom. The highest BCUT2D eigenvalue weighted by Gasteiger charge is 2.30. The molecule has 3 atom stereocenters. The zero-order valence-electron chi connectivity index (χ0n) is 9.83. The van der Waals surface area contributed by atoms with E-state index in [1.807, 2.05) is 12.4 Å². The van der Waals surface area contributed by atoms with E-state index in [1.165, 1.54) is 12.0 Å². The highest BCUT2D eigenvalue weighted by atomic mass is 15.1. The largest absolute Gasteiger partial charge is 0.313 e. The van der Waals surface area contributed by atoms with Gasteiger partial charge in [0.25, 0.3) is 0 Å². The van der Waals surface area contributed by atoms with E-state index in [9.17, 15) is 0 Å². The first-order valence-electron chi connectivity index (χ1n) is 5.90. The molecule has 0 saturated carbocycles. The first-order valence-corrected chi connectivity index (χ1v) is 5.90. The molecule has 1 fully saturated rings. The third kappa shape index (κ3) is 2.23. The average molecular weight is 207 g/mol. The fourth-order valence-corrected chi connectivity index (χ4v) is 2.49. The van der Waals surface area contributed by atoms with Crippen molar-refractivity contribution in [2.24, 2.45) is 11.8 Å². The van der Waals surface area contributed by atoms with E-state index in [0.717, 1.165) is 18.4 Å². The first kappa shape index (κ1) is 10.7. The lowest BCUT2D eigenvalue weighted by Gasteiger charge is -2.36. The van der Waals surface area contributed by atoms with Gasteiger partial charge in [0.1, 0.15) is 0 Å². The summed E-state index contributed by atoms with van der Waals surface area (Å²) >= 11 is 0. The molecule has 0 aliphatic carbocycles. The summed E-state index contributed by atoms with van der Waals surface area (Å²) < 4.78 is 0. The van der Waals surface area contributed by atoms with Crippen LogP contribution in [0.15, 0.2) is 12.4 Å². The van der Waals surface area contributed by atoms with Crippen molar-refractivity contribution in [2.75, 3.05) is 6.54 Å². The van der Waals surface area contributed by atoms with Gasteiger partial charge >= 0.3 is 0 Å². The molecule has 0 spiro atoms. The second kappa shape index (κ2) is 4.35. The van der Waals surface area contributed by atoms with E-state index in [0.29, 0.717) is 12.0 Å². The summed E-state index contributed by atoms with van der Waals surface area (Å²) in [4.78, 5) is 0. The minimum Gasteiger partial charge on any atom is -0.313 e. The summed E-state index contributed by atoms with van der Waals surface area (Å²) in [6, 6.07) is 0.567. The monoisotopic (exact) mass is 207 g/mol. The van der Waals surface area contributed by atoms with Crippen LogP contribution in [0.25, 0.3) is 0 Å². The number of aromatic amines is 1. The Hall–Kier alpha value is -0.830. The molecule has 0 amide bonds. The second-order valence-electron chi connectivity index (χ2n) is 5.07. The zero-order chi connectivity index (χ0) is 10.8. The van der Waals surface area contributed by atoms with Crippen LogP contribution in [-0.4, -0.2) is 22.8 Å². The highest BCUT2D eigenvalue weighted by Crippen LogP contribution is 2.33. The lowest BCUT2D eigenvalue weighted by Crippen LogP contribution is -2.43. The molecule has 3 nitrogen and oxygen atoms in total. The van der Waals surface area contributed by atoms with Gasteiger partial charge in [-0.25, -0.2) is 0 Å². The molecular weight excluding hydrogens is 186 g/mol. The summed E-state index contributed by atoms with van der Waals surface area (Å²) in [6.45, 7) is 8.06. The van der Waals surface area contributed by atoms with Gasteiger partial charge < -0.3 is 5.32 Å². The Morgan fingerprint density at radius 3 is 2.87 bits per heavy atom. The van der Waals surface area contributed by atoms with Crippen LogP contribution in [-0.2, 0) is 0 Å². The van der Waals surface area contributed by atoms with E-state index in [4.69, 9.17) is 0 Å². The normalized spacial score (nSPS) is 32.1. The van der Waals surface area contributed by atoms with Crippen molar-refractivity contribution in [3.05, 3.63) is 18.0 Å². The molecule has 0 radical (unpaired) electrons. The average Bonchev–Trinajstić information content (AvgIpc) is 2.71. The zero-order valence-corrected chi connectivity index (χ0v) is 9.83. The van der Waals surface area contributed by atoms with Gasteiger partial charge in [0.05, 0.1) is 6.20 Å². The number of nitrogens with one attached hydrogen (secondary N) is 2. The maximum atomic E-state index is 4.05. The Bertz CT molecular complexity index is 292. The smallest absolute Gasteiger partial charge is 0.0522 e. The molecule has 3 unspecified atom stereocenters. The second-order valence-corrected chi connectivity index (χ2v) is 5.07. The van der Waals surface area contributed by atoms with Crippen molar-refractivity contribution in [2.45, 2.75) is 39.2 Å². The number of H-pyrrole nitrogens is 1. The Kier molecular flexibility index (Phi) is 3.10. The van der Waals surface area contributed by atoms with Crippen LogP contribution >= 0.6 is 0 Å². The topological polar surface area (TPSA) is 40.7 Å². The van der Waals surface area contributed by atoms with Crippen molar-refractivity contribution in [3.8, 4) is 0 Å². The van der Waals surface area contributed by atoms with Gasteiger partial charge in [-0.2, -0.15) is 5.10 Å². The van der Waals surface area contributed by atoms with E-state index >= 15 is 0 Å². The molecule has 1 aliphatic heterocycles. The standard InChI is InChI=1S/C12H21N3/c1-8(2)10-4-12(9(3)13-5-10)11-6-14-15-7-11/h6-10,12-13H,4-5H2,1-3H3,(H,14,15). The number of aromatic nitrogens is 2. The van der Waals surface area contributed by atoms with Gasteiger partial charge in [0, 0.05) is 18.2 Å². The van der Waals surface area contributed by atoms with E-state index in [-0.39, 0.29) is 0 Å². The molecule has 1 aromatic rings. The molecule has 2 N–H and O–H groups in total. The van der Waals surface area contributed by atoms with Crippen LogP contribution in [0.1, 0.15) is 38.7 Å². The summed E-state index contributed by atoms with van der Waals surface area (Å²) in [5, 5.41) is 10.6. The molecule has 2 heterocycles. The third-order valence-corrected chi connectivity index (χ3v) is 3.75. The minimum absolute atomic E-state index is 0.567. The van der Waals surface area contributed by atoms with Gasteiger partial charge in [-0.05, 0) is 37.3 Å². The number of rotatable bonds is 2. The molecule has 1 aromatic heterocycles. The number of nitrogens with zero attached hydrogens (tertiary/aromatic N) is 1. The molecule has 1 aliphatic rings. The lowest BCUT2D eigenvalue weighted by molar-refractivity contribution is 0.233. The molecule has 2 rings (SSSR count). The van der Waals surface area contributed by atoms with Gasteiger partial charge in [-0.15, -0.1) is 0 Å². The van der Waals surface area contributed by atoms with E-state index < -0.39 is 0 Å². The Labute approximate surface area is 91.7 Å². The maximum Gasteiger partial charge on any atom is 0.0522 e. The van der Waals surface area contributed by atoms with E-state index in [2.05, 4.69) is 36.3 Å². The predicted octanol–water partition coefficient (Wildman–Crippen LogP) is 2.15. The molecule has 1 saturated heterocycles. The van der Waals surface area contributed by atoms with Gasteiger partial charge in [0.2, 0.25) is 0 Å². The SMILES string of the molecule is CC(C)C1CNC(C)C(c2cn[nH]c2)C1. The third-order valence-electron chi connectivity index (χ3n) is 3.75. The molecule has 15 heavy (non-hydrogen) atoms. The van der Waals surface area contributed by atoms with Gasteiger partial charge in [-0.1, -0.05) is 13.8 Å². The van der Waals surface area contributed by atoms with Crippen LogP contribution in [0.3, 0.4) is 0 Å². The van der Waals surface area contributed by atoms with Crippen LogP contribution in [0.2, 0.25) is 0 Å². The fraction of sp³-hybridized carbons (Fsp3) is 0.750. The van der Waals surface area contributed by atoms with Crippen molar-refractivity contribution in [1.82, 2.24) is 15.5 Å². The van der Waals surface area contributed by atoms with Crippen LogP contribution in [0, 0.1) is 11.8 Å². The number of hydrogen-bond acceptors (Lipinski definition) is 2. The molecular formula is C12H21N3. The molecule has 0 bridgehead atoms. The van der Waals surface area contributed by atoms with Gasteiger partial charge in [0.15, 0.2) is 0 Å². The van der Waals surface area contributed by atoms with E-state index in [1.54, 1.807) is 0 Å². The minimum atomic E-state index is 0.567. The van der Waals surface area contributed by atoms with Crippen LogP contribution < -0.4 is 5.32 Å². The highest BCUT2D eigenvalue weighted by molar-refractivity contribution is 5.14. The predicted molar refractivity (Wildman–Crippen MR) is 61.7 cm³/mol. The van der Waals surface area contributed by atoms with Crippen molar-refractivity contribution in [3.63, 3.8) is 0 Å².